The molecule has 47 heavy (non-hydrogen) atoms. The van der Waals surface area contributed by atoms with Crippen LogP contribution in [0.1, 0.15) is 114 Å². The Labute approximate surface area is 281 Å². The zero-order chi connectivity index (χ0) is 35.0. The predicted octanol–water partition coefficient (Wildman–Crippen LogP) is 5.64. The highest BCUT2D eigenvalue weighted by Gasteiger charge is 2.63. The molecular weight excluding hydrogens is 602 g/mol. The van der Waals surface area contributed by atoms with Crippen LogP contribution in [-0.4, -0.2) is 60.7 Å². The summed E-state index contributed by atoms with van der Waals surface area (Å²) in [6, 6.07) is 0. The van der Waals surface area contributed by atoms with Crippen molar-refractivity contribution >= 4 is 29.8 Å². The Morgan fingerprint density at radius 1 is 0.809 bits per heavy atom. The summed E-state index contributed by atoms with van der Waals surface area (Å²) in [7, 11) is 0. The van der Waals surface area contributed by atoms with Crippen LogP contribution in [0, 0.1) is 58.2 Å². The van der Waals surface area contributed by atoms with Gasteiger partial charge in [0.15, 0.2) is 0 Å². The van der Waals surface area contributed by atoms with Gasteiger partial charge < -0.3 is 24.3 Å². The van der Waals surface area contributed by atoms with Gasteiger partial charge in [0, 0.05) is 58.4 Å². The van der Waals surface area contributed by atoms with E-state index in [4.69, 9.17) is 18.9 Å². The second kappa shape index (κ2) is 14.5. The first-order chi connectivity index (χ1) is 21.9. The maximum Gasteiger partial charge on any atom is 0.303 e. The van der Waals surface area contributed by atoms with Gasteiger partial charge in [-0.1, -0.05) is 41.5 Å². The molecule has 0 aromatic carbocycles. The Morgan fingerprint density at radius 2 is 1.38 bits per heavy atom. The SMILES string of the molecule is CC[C@@H](C(C)C)[C@H](OC(C)=O)[C@@H](OC(C)=O)[C@@H](C)[C@H]1CC[C@H]2[C@@H]3CNC(=O)[C@H]4C[C@H](OC(C)=O)[C@H](OC(C)=O)C[C@]4(C)[C@H]3CC[C@]12C. The van der Waals surface area contributed by atoms with E-state index in [0.29, 0.717) is 25.3 Å². The first kappa shape index (κ1) is 37.2. The number of nitrogens with one attached hydrogen (secondary N) is 1. The molecule has 1 N–H and O–H groups in total. The highest BCUT2D eigenvalue weighted by Crippen LogP contribution is 2.66. The number of hydrogen-bond acceptors (Lipinski definition) is 9. The minimum atomic E-state index is -0.663. The Bertz CT molecular complexity index is 1200. The smallest absolute Gasteiger partial charge is 0.303 e. The van der Waals surface area contributed by atoms with Crippen LogP contribution in [0.15, 0.2) is 0 Å². The number of esters is 4. The van der Waals surface area contributed by atoms with Gasteiger partial charge in [-0.15, -0.1) is 0 Å². The lowest BCUT2D eigenvalue weighted by atomic mass is 9.48. The summed E-state index contributed by atoms with van der Waals surface area (Å²) in [5.74, 6) is -0.858. The molecule has 4 rings (SSSR count). The first-order valence-corrected chi connectivity index (χ1v) is 17.9. The molecule has 1 heterocycles. The molecule has 1 saturated heterocycles. The molecular formula is C37H59NO9. The molecule has 3 saturated carbocycles. The van der Waals surface area contributed by atoms with Gasteiger partial charge in [-0.05, 0) is 78.9 Å². The molecule has 0 spiro atoms. The minimum absolute atomic E-state index is 0.0246. The standard InChI is InChI=1S/C37H59NO9/c1-11-25(19(2)3)34(47-24(8)42)33(46-23(7)41)20(4)27-12-13-28-26-18-38-35(43)30-16-31(44-21(5)39)32(45-22(6)40)17-37(30,10)29(26)14-15-36(27,28)9/h19-20,25-34H,11-18H2,1-10H3,(H,38,43)/t20-,25-,26-,27+,28-,29-,30+,31-,32+,33-,34-,36+,37+/m0/s1. The van der Waals surface area contributed by atoms with Crippen LogP contribution >= 0.6 is 0 Å². The Balaban J connectivity index is 1.66. The second-order valence-corrected chi connectivity index (χ2v) is 16.0. The van der Waals surface area contributed by atoms with Crippen molar-refractivity contribution in [3.05, 3.63) is 0 Å². The number of ether oxygens (including phenoxy) is 4. The molecule has 10 nitrogen and oxygen atoms in total. The third kappa shape index (κ3) is 7.36. The summed E-state index contributed by atoms with van der Waals surface area (Å²) in [6.07, 6.45) is 2.97. The summed E-state index contributed by atoms with van der Waals surface area (Å²) in [5, 5.41) is 3.28. The number of hydrogen-bond donors (Lipinski definition) is 1. The van der Waals surface area contributed by atoms with Gasteiger partial charge in [-0.25, -0.2) is 0 Å². The van der Waals surface area contributed by atoms with E-state index < -0.39 is 41.8 Å². The zero-order valence-electron chi connectivity index (χ0n) is 30.3. The molecule has 4 fully saturated rings. The maximum atomic E-state index is 13.8. The van der Waals surface area contributed by atoms with E-state index in [1.54, 1.807) is 0 Å². The van der Waals surface area contributed by atoms with E-state index in [1.807, 2.05) is 0 Å². The quantitative estimate of drug-likeness (QED) is 0.233. The van der Waals surface area contributed by atoms with Crippen LogP contribution in [0.2, 0.25) is 0 Å². The molecule has 10 heteroatoms. The molecule has 0 aromatic heterocycles. The van der Waals surface area contributed by atoms with Crippen LogP contribution in [0.5, 0.6) is 0 Å². The highest BCUT2D eigenvalue weighted by atomic mass is 16.6. The average Bonchev–Trinajstić information content (AvgIpc) is 3.26. The topological polar surface area (TPSA) is 134 Å². The van der Waals surface area contributed by atoms with Gasteiger partial charge >= 0.3 is 23.9 Å². The average molecular weight is 662 g/mol. The van der Waals surface area contributed by atoms with Gasteiger partial charge in [0.05, 0.1) is 0 Å². The second-order valence-electron chi connectivity index (χ2n) is 16.0. The molecule has 0 bridgehead atoms. The summed E-state index contributed by atoms with van der Waals surface area (Å²) >= 11 is 0. The Hall–Kier alpha value is -2.65. The van der Waals surface area contributed by atoms with E-state index in [1.165, 1.54) is 27.7 Å². The van der Waals surface area contributed by atoms with Crippen LogP contribution in [-0.2, 0) is 42.9 Å². The van der Waals surface area contributed by atoms with Crippen molar-refractivity contribution in [3.63, 3.8) is 0 Å². The van der Waals surface area contributed by atoms with Gasteiger partial charge in [-0.2, -0.15) is 0 Å². The molecule has 0 radical (unpaired) electrons. The molecule has 0 unspecified atom stereocenters. The van der Waals surface area contributed by atoms with Crippen molar-refractivity contribution in [2.75, 3.05) is 6.54 Å². The number of amides is 1. The largest absolute Gasteiger partial charge is 0.459 e. The van der Waals surface area contributed by atoms with Gasteiger partial charge in [0.2, 0.25) is 5.91 Å². The predicted molar refractivity (Wildman–Crippen MR) is 174 cm³/mol. The van der Waals surface area contributed by atoms with Crippen LogP contribution in [0.4, 0.5) is 0 Å². The van der Waals surface area contributed by atoms with Crippen molar-refractivity contribution < 1.29 is 42.9 Å². The molecule has 13 atom stereocenters. The van der Waals surface area contributed by atoms with E-state index in [-0.39, 0.29) is 64.7 Å². The third-order valence-electron chi connectivity index (χ3n) is 13.0. The lowest BCUT2D eigenvalue weighted by molar-refractivity contribution is -0.188. The van der Waals surface area contributed by atoms with Crippen LogP contribution in [0.25, 0.3) is 0 Å². The Kier molecular flexibility index (Phi) is 11.4. The molecule has 266 valence electrons. The molecule has 1 amide bonds. The van der Waals surface area contributed by atoms with Crippen molar-refractivity contribution in [1.29, 1.82) is 0 Å². The van der Waals surface area contributed by atoms with E-state index in [0.717, 1.165) is 32.1 Å². The molecule has 4 aliphatic rings. The third-order valence-corrected chi connectivity index (χ3v) is 13.0. The van der Waals surface area contributed by atoms with E-state index >= 15 is 0 Å². The summed E-state index contributed by atoms with van der Waals surface area (Å²) in [6.45, 7) is 19.2. The number of fused-ring (bicyclic) bond motifs is 5. The molecule has 1 aliphatic heterocycles. The summed E-state index contributed by atoms with van der Waals surface area (Å²) in [4.78, 5) is 62.8. The maximum absolute atomic E-state index is 13.8. The van der Waals surface area contributed by atoms with E-state index in [2.05, 4.69) is 46.9 Å². The summed E-state index contributed by atoms with van der Waals surface area (Å²) in [5.41, 5.74) is -0.524. The lowest BCUT2D eigenvalue weighted by Crippen LogP contribution is -2.56. The normalized spacial score (nSPS) is 37.4. The van der Waals surface area contributed by atoms with E-state index in [9.17, 15) is 24.0 Å². The van der Waals surface area contributed by atoms with Crippen molar-refractivity contribution in [3.8, 4) is 0 Å². The first-order valence-electron chi connectivity index (χ1n) is 17.9. The monoisotopic (exact) mass is 661 g/mol. The van der Waals surface area contributed by atoms with Crippen LogP contribution in [0.3, 0.4) is 0 Å². The van der Waals surface area contributed by atoms with Gasteiger partial charge in [0.1, 0.15) is 24.4 Å². The van der Waals surface area contributed by atoms with Crippen molar-refractivity contribution in [2.45, 2.75) is 139 Å². The lowest BCUT2D eigenvalue weighted by Gasteiger charge is -2.57. The van der Waals surface area contributed by atoms with Crippen molar-refractivity contribution in [2.24, 2.45) is 58.2 Å². The number of carbonyl (C=O) groups excluding carboxylic acids is 5. The van der Waals surface area contributed by atoms with Crippen LogP contribution < -0.4 is 5.32 Å². The van der Waals surface area contributed by atoms with Crippen molar-refractivity contribution in [1.82, 2.24) is 5.32 Å². The van der Waals surface area contributed by atoms with Gasteiger partial charge in [0.25, 0.3) is 0 Å². The minimum Gasteiger partial charge on any atom is -0.459 e. The molecule has 3 aliphatic carbocycles. The number of rotatable bonds is 10. The fourth-order valence-corrected chi connectivity index (χ4v) is 11.0. The fourth-order valence-electron chi connectivity index (χ4n) is 11.0. The zero-order valence-corrected chi connectivity index (χ0v) is 30.3. The highest BCUT2D eigenvalue weighted by molar-refractivity contribution is 5.80. The Morgan fingerprint density at radius 3 is 1.94 bits per heavy atom. The fraction of sp³-hybridized carbons (Fsp3) is 0.865. The molecule has 0 aromatic rings. The van der Waals surface area contributed by atoms with Gasteiger partial charge in [-0.3, -0.25) is 24.0 Å². The number of carbonyl (C=O) groups is 5. The summed E-state index contributed by atoms with van der Waals surface area (Å²) < 4.78 is 23.5.